The van der Waals surface area contributed by atoms with Gasteiger partial charge in [-0.25, -0.2) is 0 Å². The highest BCUT2D eigenvalue weighted by atomic mass is 15.1. The molecule has 1 aliphatic heterocycles. The van der Waals surface area contributed by atoms with Crippen LogP contribution < -0.4 is 5.32 Å². The lowest BCUT2D eigenvalue weighted by Crippen LogP contribution is -2.25. The summed E-state index contributed by atoms with van der Waals surface area (Å²) in [4.78, 5) is 0. The average molecular weight is 211 g/mol. The van der Waals surface area contributed by atoms with Crippen molar-refractivity contribution in [1.29, 1.82) is 0 Å². The summed E-state index contributed by atoms with van der Waals surface area (Å²) in [6.45, 7) is 0. The van der Waals surface area contributed by atoms with Crippen molar-refractivity contribution in [3.8, 4) is 0 Å². The van der Waals surface area contributed by atoms with Gasteiger partial charge in [0, 0.05) is 17.8 Å². The maximum absolute atomic E-state index is 3.90. The largest absolute Gasteiger partial charge is 0.378 e. The van der Waals surface area contributed by atoms with E-state index in [9.17, 15) is 0 Å². The highest BCUT2D eigenvalue weighted by molar-refractivity contribution is 5.49. The minimum atomic E-state index is 0.423. The van der Waals surface area contributed by atoms with Gasteiger partial charge in [-0.15, -0.1) is 0 Å². The molecule has 2 N–H and O–H groups in total. The molecule has 1 aromatic rings. The fourth-order valence-electron chi connectivity index (χ4n) is 2.02. The third-order valence-electron chi connectivity index (χ3n) is 2.85. The molecule has 3 heteroatoms. The molecule has 2 aliphatic rings. The van der Waals surface area contributed by atoms with Crippen molar-refractivity contribution in [3.05, 3.63) is 60.1 Å². The number of fused-ring (bicyclic) bond motifs is 1. The van der Waals surface area contributed by atoms with Gasteiger partial charge in [0.1, 0.15) is 0 Å². The number of rotatable bonds is 2. The third-order valence-corrected chi connectivity index (χ3v) is 2.85. The number of H-pyrrole nitrogens is 1. The number of hydrogen-bond acceptors (Lipinski definition) is 2. The number of hydrogen-bond donors (Lipinski definition) is 2. The van der Waals surface area contributed by atoms with E-state index in [4.69, 9.17) is 0 Å². The van der Waals surface area contributed by atoms with Gasteiger partial charge >= 0.3 is 0 Å². The molecule has 2 unspecified atom stereocenters. The molecule has 1 aromatic heterocycles. The van der Waals surface area contributed by atoms with E-state index in [0.717, 1.165) is 5.69 Å². The van der Waals surface area contributed by atoms with E-state index in [0.29, 0.717) is 12.0 Å². The maximum atomic E-state index is 3.90. The van der Waals surface area contributed by atoms with Crippen LogP contribution in [0.25, 0.3) is 6.08 Å². The Hall–Kier alpha value is -2.03. The zero-order valence-electron chi connectivity index (χ0n) is 8.80. The van der Waals surface area contributed by atoms with Crippen molar-refractivity contribution < 1.29 is 0 Å². The van der Waals surface area contributed by atoms with Gasteiger partial charge in [0.05, 0.1) is 11.7 Å². The lowest BCUT2D eigenvalue weighted by molar-refractivity contribution is 0.642. The molecule has 3 rings (SSSR count). The Kier molecular flexibility index (Phi) is 2.22. The fourth-order valence-corrected chi connectivity index (χ4v) is 2.02. The zero-order chi connectivity index (χ0) is 10.8. The SMILES string of the molecule is C1=CC2C=C(C=Cc3ccn[nH]3)NC2C=C1. The summed E-state index contributed by atoms with van der Waals surface area (Å²) in [6.07, 6.45) is 16.7. The smallest absolute Gasteiger partial charge is 0.0578 e. The predicted octanol–water partition coefficient (Wildman–Crippen LogP) is 2.02. The molecule has 0 bridgehead atoms. The van der Waals surface area contributed by atoms with Crippen molar-refractivity contribution in [3.63, 3.8) is 0 Å². The van der Waals surface area contributed by atoms with Crippen molar-refractivity contribution in [2.75, 3.05) is 0 Å². The van der Waals surface area contributed by atoms with Crippen LogP contribution in [0.1, 0.15) is 5.69 Å². The predicted molar refractivity (Wildman–Crippen MR) is 64.4 cm³/mol. The molecular formula is C13H13N3. The summed E-state index contributed by atoms with van der Waals surface area (Å²) in [5, 5.41) is 10.3. The molecule has 0 fully saturated rings. The summed E-state index contributed by atoms with van der Waals surface area (Å²) in [5.41, 5.74) is 2.18. The van der Waals surface area contributed by atoms with Crippen LogP contribution in [-0.4, -0.2) is 16.2 Å². The quantitative estimate of drug-likeness (QED) is 0.785. The van der Waals surface area contributed by atoms with Gasteiger partial charge in [-0.05, 0) is 18.2 Å². The van der Waals surface area contributed by atoms with E-state index in [-0.39, 0.29) is 0 Å². The van der Waals surface area contributed by atoms with Gasteiger partial charge in [0.25, 0.3) is 0 Å². The standard InChI is InChI=1S/C13H13N3/c1-2-4-13-10(3-1)9-12(15-13)6-5-11-7-8-14-16-11/h1-10,13,15H,(H,14,16). The Bertz CT molecular complexity index is 477. The summed E-state index contributed by atoms with van der Waals surface area (Å²) in [5.74, 6) is 0.492. The van der Waals surface area contributed by atoms with E-state index >= 15 is 0 Å². The molecule has 0 saturated heterocycles. The first-order valence-electron chi connectivity index (χ1n) is 5.43. The van der Waals surface area contributed by atoms with E-state index in [1.165, 1.54) is 5.70 Å². The second-order valence-corrected chi connectivity index (χ2v) is 3.98. The van der Waals surface area contributed by atoms with Crippen LogP contribution in [0.2, 0.25) is 0 Å². The van der Waals surface area contributed by atoms with Crippen molar-refractivity contribution in [2.24, 2.45) is 5.92 Å². The number of aromatic amines is 1. The van der Waals surface area contributed by atoms with Crippen molar-refractivity contribution in [1.82, 2.24) is 15.5 Å². The first-order chi connectivity index (χ1) is 7.92. The van der Waals surface area contributed by atoms with Gasteiger partial charge in [-0.2, -0.15) is 5.10 Å². The highest BCUT2D eigenvalue weighted by Gasteiger charge is 2.22. The van der Waals surface area contributed by atoms with Crippen LogP contribution in [0.3, 0.4) is 0 Å². The first-order valence-corrected chi connectivity index (χ1v) is 5.43. The summed E-state index contributed by atoms with van der Waals surface area (Å²) >= 11 is 0. The Balaban J connectivity index is 1.73. The Morgan fingerprint density at radius 2 is 2.12 bits per heavy atom. The van der Waals surface area contributed by atoms with E-state index < -0.39 is 0 Å². The van der Waals surface area contributed by atoms with Crippen molar-refractivity contribution in [2.45, 2.75) is 6.04 Å². The molecule has 3 nitrogen and oxygen atoms in total. The van der Waals surface area contributed by atoms with Gasteiger partial charge in [0.15, 0.2) is 0 Å². The third kappa shape index (κ3) is 1.72. The molecule has 1 aliphatic carbocycles. The molecule has 0 saturated carbocycles. The molecule has 80 valence electrons. The summed E-state index contributed by atoms with van der Waals surface area (Å²) < 4.78 is 0. The number of nitrogens with zero attached hydrogens (tertiary/aromatic N) is 1. The maximum Gasteiger partial charge on any atom is 0.0578 e. The number of allylic oxidation sites excluding steroid dienone is 3. The zero-order valence-corrected chi connectivity index (χ0v) is 8.80. The normalized spacial score (nSPS) is 26.9. The van der Waals surface area contributed by atoms with Crippen LogP contribution in [-0.2, 0) is 0 Å². The average Bonchev–Trinajstić information content (AvgIpc) is 2.95. The Morgan fingerprint density at radius 1 is 1.19 bits per heavy atom. The minimum Gasteiger partial charge on any atom is -0.378 e. The van der Waals surface area contributed by atoms with Crippen LogP contribution in [0.5, 0.6) is 0 Å². The topological polar surface area (TPSA) is 40.7 Å². The summed E-state index contributed by atoms with van der Waals surface area (Å²) in [6, 6.07) is 2.37. The molecule has 0 radical (unpaired) electrons. The van der Waals surface area contributed by atoms with Crippen LogP contribution in [0.4, 0.5) is 0 Å². The van der Waals surface area contributed by atoms with Crippen molar-refractivity contribution >= 4 is 6.08 Å². The van der Waals surface area contributed by atoms with E-state index in [1.807, 2.05) is 12.1 Å². The minimum absolute atomic E-state index is 0.423. The highest BCUT2D eigenvalue weighted by Crippen LogP contribution is 2.23. The Morgan fingerprint density at radius 3 is 2.94 bits per heavy atom. The molecular weight excluding hydrogens is 198 g/mol. The molecule has 2 heterocycles. The molecule has 0 amide bonds. The van der Waals surface area contributed by atoms with Crippen LogP contribution >= 0.6 is 0 Å². The first kappa shape index (κ1) is 9.21. The molecule has 2 atom stereocenters. The van der Waals surface area contributed by atoms with E-state index in [1.54, 1.807) is 6.20 Å². The second kappa shape index (κ2) is 3.85. The number of aromatic nitrogens is 2. The molecule has 0 spiro atoms. The van der Waals surface area contributed by atoms with Crippen LogP contribution in [0.15, 0.2) is 54.4 Å². The van der Waals surface area contributed by atoms with Gasteiger partial charge in [-0.1, -0.05) is 30.4 Å². The van der Waals surface area contributed by atoms with Gasteiger partial charge in [-0.3, -0.25) is 5.10 Å². The lowest BCUT2D eigenvalue weighted by Gasteiger charge is -2.15. The lowest BCUT2D eigenvalue weighted by atomic mass is 9.98. The Labute approximate surface area is 94.3 Å². The van der Waals surface area contributed by atoms with Crippen LogP contribution in [0, 0.1) is 5.92 Å². The second-order valence-electron chi connectivity index (χ2n) is 3.98. The van der Waals surface area contributed by atoms with Gasteiger partial charge in [0.2, 0.25) is 0 Å². The monoisotopic (exact) mass is 211 g/mol. The van der Waals surface area contributed by atoms with E-state index in [2.05, 4.69) is 52.0 Å². The van der Waals surface area contributed by atoms with Gasteiger partial charge < -0.3 is 5.32 Å². The number of nitrogens with one attached hydrogen (secondary N) is 2. The summed E-state index contributed by atoms with van der Waals surface area (Å²) in [7, 11) is 0. The molecule has 16 heavy (non-hydrogen) atoms. The fraction of sp³-hybridized carbons (Fsp3) is 0.154. The molecule has 0 aromatic carbocycles.